The van der Waals surface area contributed by atoms with Gasteiger partial charge in [0, 0.05) is 18.3 Å². The average Bonchev–Trinajstić information content (AvgIpc) is 2.37. The van der Waals surface area contributed by atoms with Gasteiger partial charge in [0.25, 0.3) is 0 Å². The molecule has 0 spiro atoms. The van der Waals surface area contributed by atoms with Crippen molar-refractivity contribution in [3.05, 3.63) is 29.6 Å². The standard InChI is InChI=1S/C11H13NO5/c1-16-10(14)7-3-4-8(12-6-7)5-9(13)11(15)17-2/h3-4,6,9,13H,5H2,1-2H3. The van der Waals surface area contributed by atoms with Gasteiger partial charge in [0.05, 0.1) is 19.8 Å². The smallest absolute Gasteiger partial charge is 0.339 e. The summed E-state index contributed by atoms with van der Waals surface area (Å²) in [6, 6.07) is 3.05. The Kier molecular flexibility index (Phi) is 4.59. The summed E-state index contributed by atoms with van der Waals surface area (Å²) in [5.74, 6) is -1.21. The van der Waals surface area contributed by atoms with Crippen LogP contribution in [0.15, 0.2) is 18.3 Å². The number of nitrogens with zero attached hydrogens (tertiary/aromatic N) is 1. The molecule has 6 heteroatoms. The van der Waals surface area contributed by atoms with Gasteiger partial charge in [-0.2, -0.15) is 0 Å². The molecule has 1 rings (SSSR count). The average molecular weight is 239 g/mol. The van der Waals surface area contributed by atoms with Crippen LogP contribution in [0, 0.1) is 0 Å². The summed E-state index contributed by atoms with van der Waals surface area (Å²) in [5.41, 5.74) is 0.791. The van der Waals surface area contributed by atoms with Crippen molar-refractivity contribution in [1.29, 1.82) is 0 Å². The quantitative estimate of drug-likeness (QED) is 0.741. The summed E-state index contributed by atoms with van der Waals surface area (Å²) in [6.45, 7) is 0. The van der Waals surface area contributed by atoms with E-state index in [1.165, 1.54) is 26.5 Å². The Labute approximate surface area is 98.2 Å². The first-order valence-electron chi connectivity index (χ1n) is 4.87. The lowest BCUT2D eigenvalue weighted by molar-refractivity contribution is -0.150. The summed E-state index contributed by atoms with van der Waals surface area (Å²) in [6.07, 6.45) is 0.107. The van der Waals surface area contributed by atoms with Crippen molar-refractivity contribution in [3.8, 4) is 0 Å². The molecule has 0 aromatic carbocycles. The van der Waals surface area contributed by atoms with Crippen molar-refractivity contribution in [2.24, 2.45) is 0 Å². The van der Waals surface area contributed by atoms with E-state index in [9.17, 15) is 14.7 Å². The lowest BCUT2D eigenvalue weighted by atomic mass is 10.1. The molecule has 0 saturated carbocycles. The summed E-state index contributed by atoms with van der Waals surface area (Å²) in [7, 11) is 2.47. The van der Waals surface area contributed by atoms with E-state index in [2.05, 4.69) is 14.5 Å². The molecule has 0 fully saturated rings. The van der Waals surface area contributed by atoms with Crippen LogP contribution in [0.2, 0.25) is 0 Å². The first-order valence-corrected chi connectivity index (χ1v) is 4.87. The molecule has 0 radical (unpaired) electrons. The number of pyridine rings is 1. The number of aliphatic hydroxyl groups is 1. The highest BCUT2D eigenvalue weighted by molar-refractivity contribution is 5.88. The number of ether oxygens (including phenoxy) is 2. The van der Waals surface area contributed by atoms with Gasteiger partial charge in [0.15, 0.2) is 6.10 Å². The monoisotopic (exact) mass is 239 g/mol. The number of aromatic nitrogens is 1. The largest absolute Gasteiger partial charge is 0.467 e. The van der Waals surface area contributed by atoms with Gasteiger partial charge in [-0.1, -0.05) is 0 Å². The Morgan fingerprint density at radius 3 is 2.53 bits per heavy atom. The second kappa shape index (κ2) is 5.95. The molecule has 0 saturated heterocycles. The molecule has 0 amide bonds. The Balaban J connectivity index is 2.68. The van der Waals surface area contributed by atoms with Gasteiger partial charge < -0.3 is 14.6 Å². The number of hydrogen-bond donors (Lipinski definition) is 1. The molecule has 1 heterocycles. The normalized spacial score (nSPS) is 11.7. The molecule has 0 aliphatic heterocycles. The number of esters is 2. The fraction of sp³-hybridized carbons (Fsp3) is 0.364. The van der Waals surface area contributed by atoms with Crippen LogP contribution >= 0.6 is 0 Å². The number of rotatable bonds is 4. The SMILES string of the molecule is COC(=O)c1ccc(CC(O)C(=O)OC)nc1. The topological polar surface area (TPSA) is 85.7 Å². The van der Waals surface area contributed by atoms with Crippen molar-refractivity contribution >= 4 is 11.9 Å². The number of hydrogen-bond acceptors (Lipinski definition) is 6. The van der Waals surface area contributed by atoms with Crippen LogP contribution in [0.5, 0.6) is 0 Å². The van der Waals surface area contributed by atoms with Gasteiger partial charge in [0.1, 0.15) is 0 Å². The van der Waals surface area contributed by atoms with Crippen molar-refractivity contribution in [2.75, 3.05) is 14.2 Å². The molecule has 0 bridgehead atoms. The molecule has 1 atom stereocenters. The molecule has 1 unspecified atom stereocenters. The summed E-state index contributed by atoms with van der Waals surface area (Å²) in [4.78, 5) is 26.0. The number of methoxy groups -OCH3 is 2. The van der Waals surface area contributed by atoms with Gasteiger partial charge in [0.2, 0.25) is 0 Å². The minimum absolute atomic E-state index is 0.0358. The zero-order valence-corrected chi connectivity index (χ0v) is 9.54. The first-order chi connectivity index (χ1) is 8.08. The van der Waals surface area contributed by atoms with Crippen LogP contribution in [-0.4, -0.2) is 42.4 Å². The van der Waals surface area contributed by atoms with E-state index in [-0.39, 0.29) is 6.42 Å². The zero-order chi connectivity index (χ0) is 12.8. The number of carbonyl (C=O) groups is 2. The highest BCUT2D eigenvalue weighted by atomic mass is 16.5. The van der Waals surface area contributed by atoms with Gasteiger partial charge in [-0.05, 0) is 12.1 Å². The highest BCUT2D eigenvalue weighted by Gasteiger charge is 2.16. The van der Waals surface area contributed by atoms with E-state index in [1.807, 2.05) is 0 Å². The van der Waals surface area contributed by atoms with E-state index < -0.39 is 18.0 Å². The molecule has 1 aromatic rings. The van der Waals surface area contributed by atoms with Crippen LogP contribution in [0.25, 0.3) is 0 Å². The van der Waals surface area contributed by atoms with Gasteiger partial charge >= 0.3 is 11.9 Å². The molecule has 1 aromatic heterocycles. The van der Waals surface area contributed by atoms with Crippen LogP contribution in [0.4, 0.5) is 0 Å². The second-order valence-electron chi connectivity index (χ2n) is 3.27. The van der Waals surface area contributed by atoms with E-state index in [4.69, 9.17) is 0 Å². The van der Waals surface area contributed by atoms with Crippen molar-refractivity contribution in [1.82, 2.24) is 4.98 Å². The maximum Gasteiger partial charge on any atom is 0.339 e. The minimum atomic E-state index is -1.25. The van der Waals surface area contributed by atoms with Gasteiger partial charge in [-0.15, -0.1) is 0 Å². The third kappa shape index (κ3) is 3.53. The summed E-state index contributed by atoms with van der Waals surface area (Å²) < 4.78 is 8.88. The third-order valence-corrected chi connectivity index (χ3v) is 2.12. The van der Waals surface area contributed by atoms with Crippen molar-refractivity contribution in [2.45, 2.75) is 12.5 Å². The van der Waals surface area contributed by atoms with Crippen LogP contribution < -0.4 is 0 Å². The Bertz CT molecular complexity index is 401. The maximum atomic E-state index is 11.1. The second-order valence-corrected chi connectivity index (χ2v) is 3.27. The molecule has 0 aliphatic rings. The molecule has 92 valence electrons. The molecule has 1 N–H and O–H groups in total. The minimum Gasteiger partial charge on any atom is -0.467 e. The van der Waals surface area contributed by atoms with E-state index >= 15 is 0 Å². The molecular formula is C11H13NO5. The third-order valence-electron chi connectivity index (χ3n) is 2.12. The van der Waals surface area contributed by atoms with Crippen LogP contribution in [0.1, 0.15) is 16.1 Å². The molecule has 0 aliphatic carbocycles. The van der Waals surface area contributed by atoms with Crippen molar-refractivity contribution in [3.63, 3.8) is 0 Å². The highest BCUT2D eigenvalue weighted by Crippen LogP contribution is 2.05. The first kappa shape index (κ1) is 13.1. The molecule has 6 nitrogen and oxygen atoms in total. The summed E-state index contributed by atoms with van der Waals surface area (Å²) in [5, 5.41) is 9.39. The zero-order valence-electron chi connectivity index (χ0n) is 9.54. The molecular weight excluding hydrogens is 226 g/mol. The van der Waals surface area contributed by atoms with Crippen LogP contribution in [-0.2, 0) is 20.7 Å². The van der Waals surface area contributed by atoms with E-state index in [0.29, 0.717) is 11.3 Å². The van der Waals surface area contributed by atoms with E-state index in [1.54, 1.807) is 6.07 Å². The van der Waals surface area contributed by atoms with Crippen LogP contribution in [0.3, 0.4) is 0 Å². The molecule has 17 heavy (non-hydrogen) atoms. The predicted molar refractivity (Wildman–Crippen MR) is 57.3 cm³/mol. The van der Waals surface area contributed by atoms with Gasteiger partial charge in [-0.25, -0.2) is 9.59 Å². The fourth-order valence-corrected chi connectivity index (χ4v) is 1.20. The Morgan fingerprint density at radius 2 is 2.06 bits per heavy atom. The number of carbonyl (C=O) groups excluding carboxylic acids is 2. The predicted octanol–water partition coefficient (Wildman–Crippen LogP) is -0.0554. The lowest BCUT2D eigenvalue weighted by Crippen LogP contribution is -2.24. The summed E-state index contributed by atoms with van der Waals surface area (Å²) >= 11 is 0. The Morgan fingerprint density at radius 1 is 1.35 bits per heavy atom. The van der Waals surface area contributed by atoms with Gasteiger partial charge in [-0.3, -0.25) is 4.98 Å². The maximum absolute atomic E-state index is 11.1. The van der Waals surface area contributed by atoms with E-state index in [0.717, 1.165) is 0 Å². The Hall–Kier alpha value is -1.95. The number of aliphatic hydroxyl groups excluding tert-OH is 1. The van der Waals surface area contributed by atoms with Crippen molar-refractivity contribution < 1.29 is 24.2 Å². The lowest BCUT2D eigenvalue weighted by Gasteiger charge is -2.07. The fourth-order valence-electron chi connectivity index (χ4n) is 1.20.